The first kappa shape index (κ1) is 27.4. The number of para-hydroxylation sites is 1. The predicted molar refractivity (Wildman–Crippen MR) is 199 cm³/mol. The zero-order valence-electron chi connectivity index (χ0n) is 26.2. The van der Waals surface area contributed by atoms with Crippen molar-refractivity contribution in [3.63, 3.8) is 0 Å². The van der Waals surface area contributed by atoms with Crippen LogP contribution in [0.4, 0.5) is 0 Å². The number of nitrogens with zero attached hydrogens (tertiary/aromatic N) is 4. The highest BCUT2D eigenvalue weighted by molar-refractivity contribution is 6.17. The Labute approximate surface area is 281 Å². The van der Waals surface area contributed by atoms with Gasteiger partial charge < -0.3 is 4.42 Å². The van der Waals surface area contributed by atoms with Crippen LogP contribution in [0.1, 0.15) is 0 Å². The van der Waals surface area contributed by atoms with Crippen molar-refractivity contribution in [2.75, 3.05) is 0 Å². The smallest absolute Gasteiger partial charge is 0.227 e. The molecular weight excluding hydrogens is 601 g/mol. The highest BCUT2D eigenvalue weighted by atomic mass is 16.3. The first-order valence-corrected chi connectivity index (χ1v) is 16.3. The molecule has 10 aromatic rings. The molecule has 0 spiro atoms. The van der Waals surface area contributed by atoms with Gasteiger partial charge in [-0.2, -0.15) is 0 Å². The van der Waals surface area contributed by atoms with Crippen molar-refractivity contribution in [1.82, 2.24) is 19.9 Å². The number of hydrogen-bond acceptors (Lipinski definition) is 5. The van der Waals surface area contributed by atoms with E-state index < -0.39 is 0 Å². The Kier molecular flexibility index (Phi) is 6.11. The van der Waals surface area contributed by atoms with Gasteiger partial charge in [0, 0.05) is 38.4 Å². The Hall–Kier alpha value is -6.72. The number of benzene rings is 7. The highest BCUT2D eigenvalue weighted by Gasteiger charge is 2.22. The summed E-state index contributed by atoms with van der Waals surface area (Å²) in [4.78, 5) is 20.1. The van der Waals surface area contributed by atoms with Crippen LogP contribution in [0.15, 0.2) is 162 Å². The largest absolute Gasteiger partial charge is 0.437 e. The predicted octanol–water partition coefficient (Wildman–Crippen LogP) is 11.3. The lowest BCUT2D eigenvalue weighted by atomic mass is 9.95. The monoisotopic (exact) mass is 626 g/mol. The SMILES string of the molecule is c1ccc(-c2nc(-c3ccccc3)nc(-c3ccc(-c4ccc5c(ccc6ccccc65)c4)c4oc5nc6ccccc6cc5c34)n2)cc1. The first-order chi connectivity index (χ1) is 24.3. The van der Waals surface area contributed by atoms with Gasteiger partial charge in [-0.25, -0.2) is 19.9 Å². The van der Waals surface area contributed by atoms with Crippen molar-refractivity contribution in [2.24, 2.45) is 0 Å². The molecule has 5 nitrogen and oxygen atoms in total. The number of hydrogen-bond donors (Lipinski definition) is 0. The van der Waals surface area contributed by atoms with Crippen molar-refractivity contribution < 1.29 is 4.42 Å². The zero-order valence-corrected chi connectivity index (χ0v) is 26.2. The molecule has 0 aliphatic rings. The lowest BCUT2D eigenvalue weighted by Gasteiger charge is -2.11. The number of aromatic nitrogens is 4. The number of furan rings is 1. The fourth-order valence-electron chi connectivity index (χ4n) is 6.93. The van der Waals surface area contributed by atoms with Gasteiger partial charge in [-0.3, -0.25) is 0 Å². The lowest BCUT2D eigenvalue weighted by molar-refractivity contribution is 0.657. The third kappa shape index (κ3) is 4.55. The number of fused-ring (bicyclic) bond motifs is 7. The van der Waals surface area contributed by atoms with Gasteiger partial charge in [0.25, 0.3) is 0 Å². The van der Waals surface area contributed by atoms with Gasteiger partial charge in [0.15, 0.2) is 17.5 Å². The summed E-state index contributed by atoms with van der Waals surface area (Å²) in [5, 5.41) is 7.74. The fraction of sp³-hybridized carbons (Fsp3) is 0. The summed E-state index contributed by atoms with van der Waals surface area (Å²) >= 11 is 0. The molecule has 0 amide bonds. The van der Waals surface area contributed by atoms with Crippen LogP contribution < -0.4 is 0 Å². The number of pyridine rings is 1. The molecule has 0 atom stereocenters. The molecule has 3 aromatic heterocycles. The quantitative estimate of drug-likeness (QED) is 0.182. The Morgan fingerprint density at radius 3 is 1.76 bits per heavy atom. The summed E-state index contributed by atoms with van der Waals surface area (Å²) in [5.74, 6) is 1.80. The van der Waals surface area contributed by atoms with E-state index >= 15 is 0 Å². The molecular formula is C44H26N4O. The van der Waals surface area contributed by atoms with Crippen LogP contribution in [0.2, 0.25) is 0 Å². The summed E-state index contributed by atoms with van der Waals surface area (Å²) in [6.07, 6.45) is 0. The van der Waals surface area contributed by atoms with Gasteiger partial charge in [-0.05, 0) is 57.4 Å². The first-order valence-electron chi connectivity index (χ1n) is 16.3. The summed E-state index contributed by atoms with van der Waals surface area (Å²) in [7, 11) is 0. The summed E-state index contributed by atoms with van der Waals surface area (Å²) in [6.45, 7) is 0. The van der Waals surface area contributed by atoms with E-state index in [2.05, 4.69) is 78.9 Å². The van der Waals surface area contributed by atoms with E-state index in [0.717, 1.165) is 55.1 Å². The van der Waals surface area contributed by atoms with Gasteiger partial charge >= 0.3 is 0 Å². The molecule has 0 aliphatic carbocycles. The molecule has 0 N–H and O–H groups in total. The summed E-state index contributed by atoms with van der Waals surface area (Å²) in [5.41, 5.74) is 6.96. The van der Waals surface area contributed by atoms with Gasteiger partial charge in [0.2, 0.25) is 5.71 Å². The Balaban J connectivity index is 1.26. The van der Waals surface area contributed by atoms with Crippen LogP contribution in [-0.4, -0.2) is 19.9 Å². The molecule has 228 valence electrons. The Morgan fingerprint density at radius 2 is 0.980 bits per heavy atom. The van der Waals surface area contributed by atoms with Crippen molar-refractivity contribution in [2.45, 2.75) is 0 Å². The van der Waals surface area contributed by atoms with E-state index in [-0.39, 0.29) is 0 Å². The molecule has 0 saturated carbocycles. The maximum atomic E-state index is 6.74. The van der Waals surface area contributed by atoms with Crippen molar-refractivity contribution in [3.8, 4) is 45.3 Å². The Bertz CT molecular complexity index is 2820. The molecule has 0 unspecified atom stereocenters. The molecule has 10 rings (SSSR count). The van der Waals surface area contributed by atoms with E-state index in [0.29, 0.717) is 23.2 Å². The third-order valence-electron chi connectivity index (χ3n) is 9.31. The highest BCUT2D eigenvalue weighted by Crippen LogP contribution is 2.42. The van der Waals surface area contributed by atoms with Gasteiger partial charge in [0.1, 0.15) is 5.58 Å². The summed E-state index contributed by atoms with van der Waals surface area (Å²) < 4.78 is 6.74. The molecule has 5 heteroatoms. The minimum absolute atomic E-state index is 0.574. The topological polar surface area (TPSA) is 64.7 Å². The third-order valence-corrected chi connectivity index (χ3v) is 9.31. The average Bonchev–Trinajstić information content (AvgIpc) is 3.55. The number of rotatable bonds is 4. The van der Waals surface area contributed by atoms with E-state index in [9.17, 15) is 0 Å². The molecule has 0 bridgehead atoms. The van der Waals surface area contributed by atoms with Crippen LogP contribution in [0.25, 0.3) is 99.8 Å². The minimum atomic E-state index is 0.574. The van der Waals surface area contributed by atoms with Crippen molar-refractivity contribution in [3.05, 3.63) is 158 Å². The average molecular weight is 627 g/mol. The Morgan fingerprint density at radius 1 is 0.367 bits per heavy atom. The van der Waals surface area contributed by atoms with Crippen molar-refractivity contribution >= 4 is 54.5 Å². The van der Waals surface area contributed by atoms with E-state index in [1.807, 2.05) is 78.9 Å². The maximum Gasteiger partial charge on any atom is 0.227 e. The van der Waals surface area contributed by atoms with E-state index in [1.54, 1.807) is 0 Å². The van der Waals surface area contributed by atoms with Gasteiger partial charge in [0.05, 0.1) is 5.52 Å². The van der Waals surface area contributed by atoms with Crippen molar-refractivity contribution in [1.29, 1.82) is 0 Å². The van der Waals surface area contributed by atoms with Crippen LogP contribution in [0.5, 0.6) is 0 Å². The molecule has 3 heterocycles. The minimum Gasteiger partial charge on any atom is -0.437 e. The molecule has 49 heavy (non-hydrogen) atoms. The maximum absolute atomic E-state index is 6.74. The molecule has 0 saturated heterocycles. The van der Waals surface area contributed by atoms with Crippen LogP contribution in [0.3, 0.4) is 0 Å². The van der Waals surface area contributed by atoms with Crippen LogP contribution in [0, 0.1) is 0 Å². The molecule has 0 radical (unpaired) electrons. The van der Waals surface area contributed by atoms with Gasteiger partial charge in [-0.15, -0.1) is 0 Å². The van der Waals surface area contributed by atoms with Crippen LogP contribution in [-0.2, 0) is 0 Å². The second-order valence-electron chi connectivity index (χ2n) is 12.3. The van der Waals surface area contributed by atoms with Crippen LogP contribution >= 0.6 is 0 Å². The standard InChI is InChI=1S/C44H26N4O/c1-3-12-28(13-4-1)41-46-42(29-14-5-2-6-15-29)48-43(47-41)36-24-23-35(31-21-22-34-30(25-31)20-19-27-11-7-9-17-33(27)34)40-39(36)37-26-32-16-8-10-18-38(32)45-44(37)49-40/h1-26H. The zero-order chi connectivity index (χ0) is 32.3. The lowest BCUT2D eigenvalue weighted by Crippen LogP contribution is -2.00. The second-order valence-corrected chi connectivity index (χ2v) is 12.3. The normalized spacial score (nSPS) is 11.7. The van der Waals surface area contributed by atoms with E-state index in [1.165, 1.54) is 21.5 Å². The summed E-state index contributed by atoms with van der Waals surface area (Å²) in [6, 6.07) is 54.2. The second kappa shape index (κ2) is 10.9. The molecule has 0 aliphatic heterocycles. The molecule has 0 fully saturated rings. The van der Waals surface area contributed by atoms with Gasteiger partial charge in [-0.1, -0.05) is 127 Å². The fourth-order valence-corrected chi connectivity index (χ4v) is 6.93. The van der Waals surface area contributed by atoms with E-state index in [4.69, 9.17) is 24.4 Å². The molecule has 7 aromatic carbocycles.